The number of ether oxygens (including phenoxy) is 2. The Bertz CT molecular complexity index is 577. The summed E-state index contributed by atoms with van der Waals surface area (Å²) in [6, 6.07) is 0. The van der Waals surface area contributed by atoms with E-state index in [4.69, 9.17) is 9.47 Å². The first-order chi connectivity index (χ1) is 20.5. The number of carbonyl (C=O) groups is 2. The average molecular weight is 597 g/mol. The molecule has 0 aromatic carbocycles. The molecule has 0 radical (unpaired) electrons. The van der Waals surface area contributed by atoms with Gasteiger partial charge in [0.15, 0.2) is 0 Å². The van der Waals surface area contributed by atoms with E-state index in [2.05, 4.69) is 20.8 Å². The van der Waals surface area contributed by atoms with E-state index in [0.717, 1.165) is 31.6 Å². The summed E-state index contributed by atoms with van der Waals surface area (Å²) in [6.07, 6.45) is 32.9. The summed E-state index contributed by atoms with van der Waals surface area (Å²) in [6.45, 7) is 6.66. The van der Waals surface area contributed by atoms with Gasteiger partial charge in [0, 0.05) is 12.8 Å². The number of hydrogen-bond donors (Lipinski definition) is 1. The lowest BCUT2D eigenvalue weighted by atomic mass is 10.0. The van der Waals surface area contributed by atoms with Crippen molar-refractivity contribution in [2.75, 3.05) is 13.2 Å². The van der Waals surface area contributed by atoms with Crippen molar-refractivity contribution >= 4 is 11.9 Å². The number of aliphatic hydroxyl groups excluding tert-OH is 1. The van der Waals surface area contributed by atoms with Gasteiger partial charge >= 0.3 is 11.9 Å². The topological polar surface area (TPSA) is 72.8 Å². The third-order valence-corrected chi connectivity index (χ3v) is 8.27. The van der Waals surface area contributed by atoms with Crippen LogP contribution in [0, 0.1) is 5.92 Å². The van der Waals surface area contributed by atoms with E-state index in [9.17, 15) is 14.7 Å². The maximum Gasteiger partial charge on any atom is 0.305 e. The molecule has 0 amide bonds. The van der Waals surface area contributed by atoms with Gasteiger partial charge in [-0.3, -0.25) is 9.59 Å². The van der Waals surface area contributed by atoms with E-state index in [1.807, 2.05) is 0 Å². The molecule has 5 nitrogen and oxygen atoms in total. The van der Waals surface area contributed by atoms with Crippen molar-refractivity contribution in [3.8, 4) is 0 Å². The molecule has 0 saturated heterocycles. The summed E-state index contributed by atoms with van der Waals surface area (Å²) in [5.74, 6) is 0.288. The molecule has 0 spiro atoms. The average Bonchev–Trinajstić information content (AvgIpc) is 2.97. The first-order valence-electron chi connectivity index (χ1n) is 18.4. The zero-order chi connectivity index (χ0) is 30.9. The Hall–Kier alpha value is -1.10. The number of hydrogen-bond acceptors (Lipinski definition) is 5. The first kappa shape index (κ1) is 40.9. The Kier molecular flexibility index (Phi) is 31.9. The summed E-state index contributed by atoms with van der Waals surface area (Å²) in [7, 11) is 0. The highest BCUT2D eigenvalue weighted by molar-refractivity contribution is 5.69. The molecule has 0 rings (SSSR count). The minimum atomic E-state index is -0.954. The van der Waals surface area contributed by atoms with Gasteiger partial charge in [-0.2, -0.15) is 0 Å². The van der Waals surface area contributed by atoms with Gasteiger partial charge in [0.2, 0.25) is 0 Å². The highest BCUT2D eigenvalue weighted by Gasteiger charge is 2.12. The number of rotatable bonds is 33. The molecular formula is C37H72O5. The van der Waals surface area contributed by atoms with Crippen molar-refractivity contribution in [1.29, 1.82) is 0 Å². The second kappa shape index (κ2) is 32.8. The molecule has 0 heterocycles. The van der Waals surface area contributed by atoms with Crippen molar-refractivity contribution < 1.29 is 24.2 Å². The third-order valence-electron chi connectivity index (χ3n) is 8.27. The summed E-state index contributed by atoms with van der Waals surface area (Å²) in [5, 5.41) is 9.98. The summed E-state index contributed by atoms with van der Waals surface area (Å²) >= 11 is 0. The van der Waals surface area contributed by atoms with Crippen molar-refractivity contribution in [3.63, 3.8) is 0 Å². The molecule has 1 atom stereocenters. The minimum Gasteiger partial charge on any atom is -0.463 e. The Morgan fingerprint density at radius 2 is 0.762 bits per heavy atom. The highest BCUT2D eigenvalue weighted by atomic mass is 16.6. The predicted molar refractivity (Wildman–Crippen MR) is 178 cm³/mol. The lowest BCUT2D eigenvalue weighted by Gasteiger charge is -2.12. The first-order valence-corrected chi connectivity index (χ1v) is 18.4. The zero-order valence-corrected chi connectivity index (χ0v) is 28.4. The van der Waals surface area contributed by atoms with Gasteiger partial charge in [-0.15, -0.1) is 0 Å². The van der Waals surface area contributed by atoms with Crippen LogP contribution >= 0.6 is 0 Å². The van der Waals surface area contributed by atoms with E-state index in [1.54, 1.807) is 0 Å². The molecule has 42 heavy (non-hydrogen) atoms. The fraction of sp³-hybridized carbons (Fsp3) is 0.946. The molecule has 0 saturated carbocycles. The van der Waals surface area contributed by atoms with Gasteiger partial charge in [-0.05, 0) is 18.8 Å². The number of esters is 2. The lowest BCUT2D eigenvalue weighted by molar-refractivity contribution is -0.152. The van der Waals surface area contributed by atoms with Crippen molar-refractivity contribution in [2.45, 2.75) is 207 Å². The maximum absolute atomic E-state index is 11.9. The second-order valence-electron chi connectivity index (χ2n) is 13.2. The normalized spacial score (nSPS) is 12.1. The zero-order valence-electron chi connectivity index (χ0n) is 28.4. The Labute approximate surface area is 261 Å². The van der Waals surface area contributed by atoms with E-state index >= 15 is 0 Å². The van der Waals surface area contributed by atoms with Gasteiger partial charge in [-0.1, -0.05) is 175 Å². The third kappa shape index (κ3) is 33.4. The molecular weight excluding hydrogens is 524 g/mol. The maximum atomic E-state index is 11.9. The van der Waals surface area contributed by atoms with Gasteiger partial charge in [0.25, 0.3) is 0 Å². The molecule has 0 unspecified atom stereocenters. The molecule has 0 aliphatic rings. The SMILES string of the molecule is CCCCCCCCCCCCCCCC(=O)OC[C@@H](O)COC(=O)CCCCCCCCCCCCCCC(C)C. The molecule has 5 heteroatoms. The number of unbranched alkanes of at least 4 members (excludes halogenated alkanes) is 23. The quantitative estimate of drug-likeness (QED) is 0.0602. The molecule has 250 valence electrons. The fourth-order valence-corrected chi connectivity index (χ4v) is 5.45. The van der Waals surface area contributed by atoms with Crippen LogP contribution in [0.4, 0.5) is 0 Å². The van der Waals surface area contributed by atoms with Crippen LogP contribution < -0.4 is 0 Å². The molecule has 0 aliphatic carbocycles. The summed E-state index contributed by atoms with van der Waals surface area (Å²) < 4.78 is 10.3. The van der Waals surface area contributed by atoms with Crippen LogP contribution in [0.2, 0.25) is 0 Å². The van der Waals surface area contributed by atoms with Crippen LogP contribution in [-0.4, -0.2) is 36.4 Å². The predicted octanol–water partition coefficient (Wildman–Crippen LogP) is 11.0. The van der Waals surface area contributed by atoms with Crippen LogP contribution in [0.5, 0.6) is 0 Å². The highest BCUT2D eigenvalue weighted by Crippen LogP contribution is 2.15. The minimum absolute atomic E-state index is 0.108. The smallest absolute Gasteiger partial charge is 0.305 e. The molecule has 0 fully saturated rings. The molecule has 0 aliphatic heterocycles. The van der Waals surface area contributed by atoms with Crippen molar-refractivity contribution in [2.24, 2.45) is 5.92 Å². The van der Waals surface area contributed by atoms with Crippen molar-refractivity contribution in [3.05, 3.63) is 0 Å². The van der Waals surface area contributed by atoms with E-state index in [-0.39, 0.29) is 25.2 Å². The van der Waals surface area contributed by atoms with E-state index in [1.165, 1.54) is 141 Å². The summed E-state index contributed by atoms with van der Waals surface area (Å²) in [4.78, 5) is 23.8. The lowest BCUT2D eigenvalue weighted by Crippen LogP contribution is -2.25. The Balaban J connectivity index is 3.39. The van der Waals surface area contributed by atoms with Crippen LogP contribution in [0.15, 0.2) is 0 Å². The van der Waals surface area contributed by atoms with Crippen LogP contribution in [-0.2, 0) is 19.1 Å². The van der Waals surface area contributed by atoms with Gasteiger partial charge in [-0.25, -0.2) is 0 Å². The van der Waals surface area contributed by atoms with E-state index in [0.29, 0.717) is 12.8 Å². The number of carbonyl (C=O) groups excluding carboxylic acids is 2. The van der Waals surface area contributed by atoms with Crippen LogP contribution in [0.1, 0.15) is 201 Å². The van der Waals surface area contributed by atoms with Gasteiger partial charge in [0.05, 0.1) is 0 Å². The van der Waals surface area contributed by atoms with Crippen LogP contribution in [0.25, 0.3) is 0 Å². The molecule has 0 aromatic heterocycles. The van der Waals surface area contributed by atoms with Gasteiger partial charge < -0.3 is 14.6 Å². The molecule has 0 aromatic rings. The van der Waals surface area contributed by atoms with Crippen molar-refractivity contribution in [1.82, 2.24) is 0 Å². The Morgan fingerprint density at radius 1 is 0.476 bits per heavy atom. The second-order valence-corrected chi connectivity index (χ2v) is 13.2. The Morgan fingerprint density at radius 3 is 1.07 bits per heavy atom. The standard InChI is InChI=1S/C37H72O5/c1-4-5-6-7-8-9-10-11-15-18-21-24-27-30-36(39)41-32-35(38)33-42-37(40)31-28-25-22-19-16-13-12-14-17-20-23-26-29-34(2)3/h34-35,38H,4-33H2,1-3H3/t35-/m1/s1. The molecule has 0 bridgehead atoms. The van der Waals surface area contributed by atoms with Crippen LogP contribution in [0.3, 0.4) is 0 Å². The van der Waals surface area contributed by atoms with E-state index < -0.39 is 6.10 Å². The monoisotopic (exact) mass is 597 g/mol. The fourth-order valence-electron chi connectivity index (χ4n) is 5.45. The molecule has 1 N–H and O–H groups in total. The van der Waals surface area contributed by atoms with Gasteiger partial charge in [0.1, 0.15) is 19.3 Å². The largest absolute Gasteiger partial charge is 0.463 e. The summed E-state index contributed by atoms with van der Waals surface area (Å²) in [5.41, 5.74) is 0. The number of aliphatic hydroxyl groups is 1.